The summed E-state index contributed by atoms with van der Waals surface area (Å²) in [5, 5.41) is 8.36. The second-order valence-corrected chi connectivity index (χ2v) is 2.98. The predicted octanol–water partition coefficient (Wildman–Crippen LogP) is 2.48. The maximum absolute atomic E-state index is 13.1. The summed E-state index contributed by atoms with van der Waals surface area (Å²) < 4.78 is 13.1. The molecule has 70 valence electrons. The Morgan fingerprint density at radius 3 is 2.46 bits per heavy atom. The number of carbonyl (C=O) groups is 1. The van der Waals surface area contributed by atoms with Crippen LogP contribution in [0, 0.1) is 6.92 Å². The Hall–Kier alpha value is -1.38. The van der Waals surface area contributed by atoms with Gasteiger partial charge in [-0.1, -0.05) is 29.8 Å². The van der Waals surface area contributed by atoms with Crippen molar-refractivity contribution in [1.29, 1.82) is 0 Å². The number of aryl methyl sites for hydroxylation is 1. The molecule has 1 atom stereocenters. The van der Waals surface area contributed by atoms with Crippen LogP contribution in [0.5, 0.6) is 0 Å². The number of benzene rings is 1. The summed E-state index contributed by atoms with van der Waals surface area (Å²) in [6, 6.07) is 6.76. The molecule has 0 aromatic heterocycles. The van der Waals surface area contributed by atoms with Crippen molar-refractivity contribution in [3.05, 3.63) is 35.4 Å². The highest BCUT2D eigenvalue weighted by molar-refractivity contribution is 5.67. The number of hydrogen-bond donors (Lipinski definition) is 1. The topological polar surface area (TPSA) is 37.3 Å². The zero-order valence-corrected chi connectivity index (χ0v) is 7.33. The summed E-state index contributed by atoms with van der Waals surface area (Å²) in [5.41, 5.74) is 1.46. The molecule has 0 heterocycles. The number of alkyl halides is 1. The van der Waals surface area contributed by atoms with Crippen molar-refractivity contribution in [3.8, 4) is 0 Å². The van der Waals surface area contributed by atoms with E-state index in [2.05, 4.69) is 0 Å². The van der Waals surface area contributed by atoms with E-state index in [4.69, 9.17) is 5.11 Å². The average Bonchev–Trinajstić information content (AvgIpc) is 2.04. The summed E-state index contributed by atoms with van der Waals surface area (Å²) in [6.45, 7) is 1.90. The van der Waals surface area contributed by atoms with Crippen molar-refractivity contribution in [1.82, 2.24) is 0 Å². The highest BCUT2D eigenvalue weighted by Gasteiger charge is 2.13. The molecule has 1 aromatic rings. The summed E-state index contributed by atoms with van der Waals surface area (Å²) in [4.78, 5) is 10.2. The molecule has 1 rings (SSSR count). The van der Waals surface area contributed by atoms with Crippen molar-refractivity contribution >= 4 is 5.97 Å². The van der Waals surface area contributed by atoms with E-state index in [1.165, 1.54) is 0 Å². The molecule has 0 aliphatic carbocycles. The largest absolute Gasteiger partial charge is 0.481 e. The number of hydrogen-bond acceptors (Lipinski definition) is 1. The Labute approximate surface area is 76.0 Å². The third-order valence-corrected chi connectivity index (χ3v) is 1.79. The Bertz CT molecular complexity index is 292. The van der Waals surface area contributed by atoms with Crippen LogP contribution >= 0.6 is 0 Å². The first-order chi connectivity index (χ1) is 6.09. The molecule has 0 aliphatic heterocycles. The van der Waals surface area contributed by atoms with Gasteiger partial charge in [-0.15, -0.1) is 0 Å². The first kappa shape index (κ1) is 9.71. The van der Waals surface area contributed by atoms with Crippen LogP contribution in [0.4, 0.5) is 4.39 Å². The van der Waals surface area contributed by atoms with Gasteiger partial charge in [-0.05, 0) is 12.5 Å². The molecule has 1 aromatic carbocycles. The van der Waals surface area contributed by atoms with Crippen LogP contribution in [-0.4, -0.2) is 11.1 Å². The standard InChI is InChI=1S/C10H11FO2/c1-7-2-4-8(5-3-7)9(11)6-10(12)13/h2-5,9H,6H2,1H3,(H,12,13). The van der Waals surface area contributed by atoms with Gasteiger partial charge in [0.15, 0.2) is 0 Å². The minimum atomic E-state index is -1.40. The fourth-order valence-electron chi connectivity index (χ4n) is 1.05. The smallest absolute Gasteiger partial charge is 0.306 e. The maximum Gasteiger partial charge on any atom is 0.306 e. The van der Waals surface area contributed by atoms with Gasteiger partial charge in [0.05, 0.1) is 6.42 Å². The number of rotatable bonds is 3. The highest BCUT2D eigenvalue weighted by Crippen LogP contribution is 2.21. The quantitative estimate of drug-likeness (QED) is 0.779. The minimum Gasteiger partial charge on any atom is -0.481 e. The van der Waals surface area contributed by atoms with E-state index in [-0.39, 0.29) is 0 Å². The highest BCUT2D eigenvalue weighted by atomic mass is 19.1. The monoisotopic (exact) mass is 182 g/mol. The average molecular weight is 182 g/mol. The molecule has 0 radical (unpaired) electrons. The molecular weight excluding hydrogens is 171 g/mol. The first-order valence-electron chi connectivity index (χ1n) is 4.02. The summed E-state index contributed by atoms with van der Waals surface area (Å²) in [7, 11) is 0. The van der Waals surface area contributed by atoms with E-state index in [0.29, 0.717) is 5.56 Å². The van der Waals surface area contributed by atoms with Crippen LogP contribution in [0.25, 0.3) is 0 Å². The third-order valence-electron chi connectivity index (χ3n) is 1.79. The Morgan fingerprint density at radius 1 is 1.46 bits per heavy atom. The lowest BCUT2D eigenvalue weighted by Gasteiger charge is -2.05. The molecule has 0 saturated carbocycles. The van der Waals surface area contributed by atoms with Gasteiger partial charge < -0.3 is 5.11 Å². The number of carboxylic acid groups (broad SMARTS) is 1. The fraction of sp³-hybridized carbons (Fsp3) is 0.300. The first-order valence-corrected chi connectivity index (χ1v) is 4.02. The van der Waals surface area contributed by atoms with E-state index in [0.717, 1.165) is 5.56 Å². The van der Waals surface area contributed by atoms with Crippen molar-refractivity contribution in [2.45, 2.75) is 19.5 Å². The van der Waals surface area contributed by atoms with Gasteiger partial charge in [-0.3, -0.25) is 4.79 Å². The molecule has 0 spiro atoms. The Morgan fingerprint density at radius 2 is 2.00 bits per heavy atom. The van der Waals surface area contributed by atoms with Crippen LogP contribution in [0.2, 0.25) is 0 Å². The van der Waals surface area contributed by atoms with Crippen LogP contribution in [0.1, 0.15) is 23.7 Å². The van der Waals surface area contributed by atoms with Crippen LogP contribution in [0.3, 0.4) is 0 Å². The van der Waals surface area contributed by atoms with E-state index in [1.807, 2.05) is 6.92 Å². The molecule has 3 heteroatoms. The zero-order valence-electron chi connectivity index (χ0n) is 7.33. The van der Waals surface area contributed by atoms with Gasteiger partial charge in [-0.25, -0.2) is 4.39 Å². The second-order valence-electron chi connectivity index (χ2n) is 2.98. The lowest BCUT2D eigenvalue weighted by Crippen LogP contribution is -2.01. The van der Waals surface area contributed by atoms with Gasteiger partial charge in [-0.2, -0.15) is 0 Å². The molecule has 2 nitrogen and oxygen atoms in total. The van der Waals surface area contributed by atoms with Gasteiger partial charge >= 0.3 is 5.97 Å². The molecular formula is C10H11FO2. The zero-order chi connectivity index (χ0) is 9.84. The second kappa shape index (κ2) is 4.03. The third kappa shape index (κ3) is 2.86. The molecule has 0 saturated heterocycles. The molecule has 1 N–H and O–H groups in total. The van der Waals surface area contributed by atoms with E-state index >= 15 is 0 Å². The minimum absolute atomic E-state index is 0.424. The number of carboxylic acids is 1. The van der Waals surface area contributed by atoms with Crippen LogP contribution < -0.4 is 0 Å². The summed E-state index contributed by atoms with van der Waals surface area (Å²) in [5.74, 6) is -1.12. The number of aliphatic carboxylic acids is 1. The van der Waals surface area contributed by atoms with Gasteiger partial charge in [0.25, 0.3) is 0 Å². The lowest BCUT2D eigenvalue weighted by molar-refractivity contribution is -0.138. The molecule has 0 amide bonds. The SMILES string of the molecule is Cc1ccc(C(F)CC(=O)O)cc1. The van der Waals surface area contributed by atoms with E-state index in [9.17, 15) is 9.18 Å². The van der Waals surface area contributed by atoms with Crippen molar-refractivity contribution < 1.29 is 14.3 Å². The molecule has 0 bridgehead atoms. The van der Waals surface area contributed by atoms with Crippen molar-refractivity contribution in [2.75, 3.05) is 0 Å². The number of halogens is 1. The fourth-order valence-corrected chi connectivity index (χ4v) is 1.05. The van der Waals surface area contributed by atoms with Gasteiger partial charge in [0.1, 0.15) is 6.17 Å². The van der Waals surface area contributed by atoms with E-state index < -0.39 is 18.6 Å². The maximum atomic E-state index is 13.1. The summed E-state index contributed by atoms with van der Waals surface area (Å²) >= 11 is 0. The van der Waals surface area contributed by atoms with Crippen molar-refractivity contribution in [2.24, 2.45) is 0 Å². The van der Waals surface area contributed by atoms with E-state index in [1.54, 1.807) is 24.3 Å². The normalized spacial score (nSPS) is 12.5. The Kier molecular flexibility index (Phi) is 3.01. The van der Waals surface area contributed by atoms with Gasteiger partial charge in [0, 0.05) is 0 Å². The molecule has 0 fully saturated rings. The summed E-state index contributed by atoms with van der Waals surface area (Å²) in [6.07, 6.45) is -1.87. The molecule has 13 heavy (non-hydrogen) atoms. The lowest BCUT2D eigenvalue weighted by atomic mass is 10.1. The predicted molar refractivity (Wildman–Crippen MR) is 47.3 cm³/mol. The van der Waals surface area contributed by atoms with Gasteiger partial charge in [0.2, 0.25) is 0 Å². The Balaban J connectivity index is 2.71. The van der Waals surface area contributed by atoms with Crippen molar-refractivity contribution in [3.63, 3.8) is 0 Å². The molecule has 0 aliphatic rings. The van der Waals surface area contributed by atoms with Crippen LogP contribution in [0.15, 0.2) is 24.3 Å². The molecule has 1 unspecified atom stereocenters. The van der Waals surface area contributed by atoms with Crippen LogP contribution in [-0.2, 0) is 4.79 Å².